The van der Waals surface area contributed by atoms with E-state index in [4.69, 9.17) is 11.6 Å². The Hall–Kier alpha value is -1.32. The third kappa shape index (κ3) is 3.17. The maximum Gasteiger partial charge on any atom is 0.223 e. The van der Waals surface area contributed by atoms with Crippen LogP contribution in [0.25, 0.3) is 10.4 Å². The van der Waals surface area contributed by atoms with Crippen molar-refractivity contribution in [1.82, 2.24) is 4.90 Å². The van der Waals surface area contributed by atoms with Crippen molar-refractivity contribution in [2.24, 2.45) is 0 Å². The van der Waals surface area contributed by atoms with Crippen LogP contribution in [0.4, 0.5) is 0 Å². The molecule has 0 bridgehead atoms. The molecule has 23 heavy (non-hydrogen) atoms. The predicted octanol–water partition coefficient (Wildman–Crippen LogP) is 5.49. The van der Waals surface area contributed by atoms with Crippen LogP contribution < -0.4 is 0 Å². The lowest BCUT2D eigenvalue weighted by Gasteiger charge is -2.32. The second kappa shape index (κ2) is 5.95. The Bertz CT molecular complexity index is 744. The van der Waals surface area contributed by atoms with Crippen LogP contribution in [0.5, 0.6) is 0 Å². The van der Waals surface area contributed by atoms with E-state index >= 15 is 0 Å². The van der Waals surface area contributed by atoms with E-state index in [1.165, 1.54) is 16.0 Å². The number of likely N-dealkylation sites (tertiary alicyclic amines) is 1. The molecule has 1 aromatic carbocycles. The molecule has 1 aromatic heterocycles. The second-order valence-electron chi connectivity index (χ2n) is 7.25. The number of rotatable bonds is 2. The molecule has 1 saturated heterocycles. The van der Waals surface area contributed by atoms with E-state index in [1.807, 2.05) is 11.0 Å². The van der Waals surface area contributed by atoms with Crippen molar-refractivity contribution in [3.8, 4) is 10.4 Å². The van der Waals surface area contributed by atoms with Gasteiger partial charge in [-0.1, -0.05) is 17.7 Å². The maximum absolute atomic E-state index is 12.3. The first-order chi connectivity index (χ1) is 10.8. The lowest BCUT2D eigenvalue weighted by Crippen LogP contribution is -2.42. The zero-order valence-corrected chi connectivity index (χ0v) is 15.6. The van der Waals surface area contributed by atoms with Crippen LogP contribution in [0, 0.1) is 6.92 Å². The van der Waals surface area contributed by atoms with Gasteiger partial charge < -0.3 is 4.90 Å². The summed E-state index contributed by atoms with van der Waals surface area (Å²) >= 11 is 8.14. The Morgan fingerprint density at radius 1 is 1.26 bits per heavy atom. The van der Waals surface area contributed by atoms with Crippen molar-refractivity contribution in [3.05, 3.63) is 45.8 Å². The third-order valence-electron chi connectivity index (χ3n) is 4.50. The van der Waals surface area contributed by atoms with Gasteiger partial charge in [-0.25, -0.2) is 0 Å². The van der Waals surface area contributed by atoms with Crippen molar-refractivity contribution in [1.29, 1.82) is 0 Å². The van der Waals surface area contributed by atoms with Crippen LogP contribution in [-0.4, -0.2) is 22.9 Å². The van der Waals surface area contributed by atoms with E-state index in [2.05, 4.69) is 51.3 Å². The first-order valence-electron chi connectivity index (χ1n) is 7.92. The summed E-state index contributed by atoms with van der Waals surface area (Å²) in [5, 5.41) is 2.87. The summed E-state index contributed by atoms with van der Waals surface area (Å²) in [7, 11) is 0. The molecule has 0 spiro atoms. The number of carbonyl (C=O) groups is 1. The Balaban J connectivity index is 1.94. The molecular formula is C19H22ClNOS. The summed E-state index contributed by atoms with van der Waals surface area (Å²) in [6, 6.07) is 8.32. The molecule has 1 aliphatic rings. The summed E-state index contributed by atoms with van der Waals surface area (Å²) in [6.45, 7) is 9.17. The molecule has 0 saturated carbocycles. The van der Waals surface area contributed by atoms with Gasteiger partial charge in [-0.2, -0.15) is 0 Å². The first-order valence-corrected chi connectivity index (χ1v) is 9.17. The molecule has 122 valence electrons. The van der Waals surface area contributed by atoms with E-state index < -0.39 is 0 Å². The molecule has 1 amide bonds. The van der Waals surface area contributed by atoms with Gasteiger partial charge in [0.1, 0.15) is 0 Å². The zero-order chi connectivity index (χ0) is 16.8. The summed E-state index contributed by atoms with van der Waals surface area (Å²) in [6.07, 6.45) is 0.585. The molecule has 0 aliphatic carbocycles. The molecule has 1 fully saturated rings. The fraction of sp³-hybridized carbons (Fsp3) is 0.421. The largest absolute Gasteiger partial charge is 0.337 e. The highest BCUT2D eigenvalue weighted by Crippen LogP contribution is 2.39. The molecule has 0 radical (unpaired) electrons. The number of halogens is 1. The van der Waals surface area contributed by atoms with Crippen molar-refractivity contribution >= 4 is 28.8 Å². The number of carbonyl (C=O) groups excluding carboxylic acids is 1. The molecule has 1 aliphatic heterocycles. The van der Waals surface area contributed by atoms with Crippen LogP contribution in [0.3, 0.4) is 0 Å². The lowest BCUT2D eigenvalue weighted by atomic mass is 9.95. The van der Waals surface area contributed by atoms with Gasteiger partial charge in [0.05, 0.1) is 0 Å². The van der Waals surface area contributed by atoms with Gasteiger partial charge in [-0.05, 0) is 62.4 Å². The van der Waals surface area contributed by atoms with E-state index in [0.717, 1.165) is 17.1 Å². The molecule has 0 N–H and O–H groups in total. The van der Waals surface area contributed by atoms with Gasteiger partial charge in [-0.15, -0.1) is 11.3 Å². The number of aryl methyl sites for hydroxylation is 1. The van der Waals surface area contributed by atoms with E-state index in [9.17, 15) is 4.79 Å². The summed E-state index contributed by atoms with van der Waals surface area (Å²) < 4.78 is 0. The third-order valence-corrected chi connectivity index (χ3v) is 5.88. The maximum atomic E-state index is 12.3. The van der Waals surface area contributed by atoms with Crippen molar-refractivity contribution in [3.63, 3.8) is 0 Å². The van der Waals surface area contributed by atoms with Gasteiger partial charge in [0, 0.05) is 39.9 Å². The summed E-state index contributed by atoms with van der Waals surface area (Å²) in [4.78, 5) is 15.5. The van der Waals surface area contributed by atoms with Gasteiger partial charge in [0.15, 0.2) is 0 Å². The van der Waals surface area contributed by atoms with Crippen LogP contribution in [0.1, 0.15) is 44.2 Å². The van der Waals surface area contributed by atoms with Crippen LogP contribution in [-0.2, 0) is 4.79 Å². The van der Waals surface area contributed by atoms with E-state index in [1.54, 1.807) is 11.3 Å². The van der Waals surface area contributed by atoms with Crippen LogP contribution >= 0.6 is 22.9 Å². The summed E-state index contributed by atoms with van der Waals surface area (Å²) in [5.41, 5.74) is 3.41. The standard InChI is InChI=1S/C19H22ClNOS/c1-12-7-8-23-18(12)15-9-13(5-6-16(15)20)14-10-17(22)21(11-14)19(2,3)4/h5-9,14H,10-11H2,1-4H3. The topological polar surface area (TPSA) is 20.3 Å². The fourth-order valence-corrected chi connectivity index (χ4v) is 4.42. The van der Waals surface area contributed by atoms with Crippen LogP contribution in [0.15, 0.2) is 29.6 Å². The number of thiophene rings is 1. The number of hydrogen-bond donors (Lipinski definition) is 0. The first kappa shape index (κ1) is 16.5. The monoisotopic (exact) mass is 347 g/mol. The number of benzene rings is 1. The molecular weight excluding hydrogens is 326 g/mol. The van der Waals surface area contributed by atoms with Gasteiger partial charge in [0.25, 0.3) is 0 Å². The zero-order valence-electron chi connectivity index (χ0n) is 14.0. The molecule has 2 aromatic rings. The highest BCUT2D eigenvalue weighted by molar-refractivity contribution is 7.13. The Morgan fingerprint density at radius 3 is 2.57 bits per heavy atom. The normalized spacial score (nSPS) is 18.7. The highest BCUT2D eigenvalue weighted by Gasteiger charge is 2.36. The molecule has 1 unspecified atom stereocenters. The quantitative estimate of drug-likeness (QED) is 0.703. The molecule has 4 heteroatoms. The minimum atomic E-state index is -0.120. The lowest BCUT2D eigenvalue weighted by molar-refractivity contribution is -0.131. The Labute approximate surface area is 147 Å². The smallest absolute Gasteiger partial charge is 0.223 e. The molecule has 3 rings (SSSR count). The molecule has 2 nitrogen and oxygen atoms in total. The van der Waals surface area contributed by atoms with Crippen LogP contribution in [0.2, 0.25) is 5.02 Å². The Kier molecular flexibility index (Phi) is 4.28. The van der Waals surface area contributed by atoms with Gasteiger partial charge in [0.2, 0.25) is 5.91 Å². The average Bonchev–Trinajstić information content (AvgIpc) is 3.05. The highest BCUT2D eigenvalue weighted by atomic mass is 35.5. The van der Waals surface area contributed by atoms with Gasteiger partial charge in [-0.3, -0.25) is 4.79 Å². The van der Waals surface area contributed by atoms with Gasteiger partial charge >= 0.3 is 0 Å². The minimum Gasteiger partial charge on any atom is -0.337 e. The predicted molar refractivity (Wildman–Crippen MR) is 98.3 cm³/mol. The minimum absolute atomic E-state index is 0.120. The average molecular weight is 348 g/mol. The second-order valence-corrected chi connectivity index (χ2v) is 8.57. The molecule has 1 atom stereocenters. The number of amides is 1. The Morgan fingerprint density at radius 2 is 2.00 bits per heavy atom. The number of nitrogens with zero attached hydrogens (tertiary/aromatic N) is 1. The summed E-state index contributed by atoms with van der Waals surface area (Å²) in [5.74, 6) is 0.490. The molecule has 2 heterocycles. The van der Waals surface area contributed by atoms with Crippen molar-refractivity contribution in [2.75, 3.05) is 6.54 Å². The fourth-order valence-electron chi connectivity index (χ4n) is 3.20. The number of hydrogen-bond acceptors (Lipinski definition) is 2. The van der Waals surface area contributed by atoms with E-state index in [-0.39, 0.29) is 17.4 Å². The van der Waals surface area contributed by atoms with Crippen molar-refractivity contribution < 1.29 is 4.79 Å². The SMILES string of the molecule is Cc1ccsc1-c1cc(C2CC(=O)N(C(C)(C)C)C2)ccc1Cl. The van der Waals surface area contributed by atoms with Crippen molar-refractivity contribution in [2.45, 2.75) is 45.6 Å². The van der Waals surface area contributed by atoms with E-state index in [0.29, 0.717) is 6.42 Å².